The molecule has 0 bridgehead atoms. The van der Waals surface area contributed by atoms with Gasteiger partial charge in [0.2, 0.25) is 0 Å². The van der Waals surface area contributed by atoms with Gasteiger partial charge in [-0.1, -0.05) is 41.9 Å². The third-order valence-electron chi connectivity index (χ3n) is 3.17. The molecular formula is C15H14ClN3S. The highest BCUT2D eigenvalue weighted by molar-refractivity contribution is 7.16. The van der Waals surface area contributed by atoms with E-state index < -0.39 is 0 Å². The fourth-order valence-electron chi connectivity index (χ4n) is 2.15. The lowest BCUT2D eigenvalue weighted by Gasteiger charge is -2.13. The van der Waals surface area contributed by atoms with Crippen molar-refractivity contribution in [1.82, 2.24) is 9.78 Å². The monoisotopic (exact) mass is 303 g/mol. The van der Waals surface area contributed by atoms with E-state index >= 15 is 0 Å². The first-order valence-electron chi connectivity index (χ1n) is 6.33. The Kier molecular flexibility index (Phi) is 3.87. The predicted octanol–water partition coefficient (Wildman–Crippen LogP) is 3.81. The van der Waals surface area contributed by atoms with E-state index in [9.17, 15) is 0 Å². The lowest BCUT2D eigenvalue weighted by Crippen LogP contribution is -2.19. The van der Waals surface area contributed by atoms with Crippen molar-refractivity contribution in [2.45, 2.75) is 6.04 Å². The molecule has 3 aromatic rings. The Morgan fingerprint density at radius 2 is 1.95 bits per heavy atom. The number of nitrogens with zero attached hydrogens (tertiary/aromatic N) is 2. The quantitative estimate of drug-likeness (QED) is 0.796. The summed E-state index contributed by atoms with van der Waals surface area (Å²) in [5.74, 6) is 0. The second-order valence-corrected chi connectivity index (χ2v) is 6.22. The molecule has 2 aromatic heterocycles. The number of hydrogen-bond donors (Lipinski definition) is 1. The van der Waals surface area contributed by atoms with Gasteiger partial charge >= 0.3 is 0 Å². The maximum atomic E-state index is 6.00. The van der Waals surface area contributed by atoms with Crippen molar-refractivity contribution < 1.29 is 0 Å². The van der Waals surface area contributed by atoms with E-state index in [1.807, 2.05) is 47.4 Å². The molecule has 2 N–H and O–H groups in total. The number of thiophene rings is 1. The molecular weight excluding hydrogens is 290 g/mol. The van der Waals surface area contributed by atoms with Gasteiger partial charge < -0.3 is 5.73 Å². The maximum Gasteiger partial charge on any atom is 0.0982 e. The van der Waals surface area contributed by atoms with Crippen molar-refractivity contribution in [1.29, 1.82) is 0 Å². The Morgan fingerprint density at radius 1 is 1.15 bits per heavy atom. The molecule has 3 nitrogen and oxygen atoms in total. The van der Waals surface area contributed by atoms with Gasteiger partial charge in [-0.25, -0.2) is 0 Å². The molecule has 0 fully saturated rings. The minimum Gasteiger partial charge on any atom is -0.328 e. The van der Waals surface area contributed by atoms with Gasteiger partial charge in [-0.15, -0.1) is 11.3 Å². The Balaban J connectivity index is 1.92. The van der Waals surface area contributed by atoms with Gasteiger partial charge in [-0.3, -0.25) is 4.68 Å². The third kappa shape index (κ3) is 2.63. The highest BCUT2D eigenvalue weighted by Crippen LogP contribution is 2.29. The zero-order valence-corrected chi connectivity index (χ0v) is 12.3. The van der Waals surface area contributed by atoms with Gasteiger partial charge in [0.1, 0.15) is 0 Å². The van der Waals surface area contributed by atoms with Gasteiger partial charge in [0.15, 0.2) is 0 Å². The minimum atomic E-state index is 0.0324. The summed E-state index contributed by atoms with van der Waals surface area (Å²) in [7, 11) is 0. The van der Waals surface area contributed by atoms with Crippen LogP contribution in [0.4, 0.5) is 0 Å². The van der Waals surface area contributed by atoms with Crippen molar-refractivity contribution in [3.8, 4) is 11.1 Å². The fraction of sp³-hybridized carbons (Fsp3) is 0.133. The molecule has 0 saturated heterocycles. The van der Waals surface area contributed by atoms with Gasteiger partial charge in [0.05, 0.1) is 16.6 Å². The molecule has 1 unspecified atom stereocenters. The summed E-state index contributed by atoms with van der Waals surface area (Å²) in [6, 6.07) is 14.1. The van der Waals surface area contributed by atoms with Crippen molar-refractivity contribution >= 4 is 22.9 Å². The van der Waals surface area contributed by atoms with E-state index in [1.54, 1.807) is 11.3 Å². The summed E-state index contributed by atoms with van der Waals surface area (Å²) in [6.07, 6.45) is 3.90. The van der Waals surface area contributed by atoms with Crippen LogP contribution in [0.15, 0.2) is 54.9 Å². The number of nitrogens with two attached hydrogens (primary N) is 1. The number of rotatable bonds is 4. The molecule has 2 heterocycles. The van der Waals surface area contributed by atoms with Gasteiger partial charge in [0, 0.05) is 23.2 Å². The fourth-order valence-corrected chi connectivity index (χ4v) is 3.32. The van der Waals surface area contributed by atoms with Gasteiger partial charge in [-0.2, -0.15) is 5.10 Å². The standard InChI is InChI=1S/C15H14ClN3S/c16-15-7-6-14(20-15)13(8-17)19-10-12(9-18-19)11-4-2-1-3-5-11/h1-7,9-10,13H,8,17H2. The van der Waals surface area contributed by atoms with Crippen LogP contribution < -0.4 is 5.73 Å². The van der Waals surface area contributed by atoms with Crippen molar-refractivity contribution in [3.05, 3.63) is 64.1 Å². The summed E-state index contributed by atoms with van der Waals surface area (Å²) >= 11 is 7.54. The third-order valence-corrected chi connectivity index (χ3v) is 4.51. The van der Waals surface area contributed by atoms with Crippen LogP contribution in [-0.2, 0) is 0 Å². The molecule has 5 heteroatoms. The van der Waals surface area contributed by atoms with Crippen LogP contribution >= 0.6 is 22.9 Å². The summed E-state index contributed by atoms with van der Waals surface area (Å²) in [5.41, 5.74) is 8.14. The van der Waals surface area contributed by atoms with Gasteiger partial charge in [0.25, 0.3) is 0 Å². The normalized spacial score (nSPS) is 12.5. The molecule has 0 saturated carbocycles. The van der Waals surface area contributed by atoms with E-state index in [4.69, 9.17) is 17.3 Å². The lowest BCUT2D eigenvalue weighted by molar-refractivity contribution is 0.540. The van der Waals surface area contributed by atoms with Crippen LogP contribution in [0.2, 0.25) is 4.34 Å². The number of benzene rings is 1. The zero-order valence-electron chi connectivity index (χ0n) is 10.7. The number of aromatic nitrogens is 2. The second-order valence-electron chi connectivity index (χ2n) is 4.47. The summed E-state index contributed by atoms with van der Waals surface area (Å²) in [5, 5.41) is 4.45. The highest BCUT2D eigenvalue weighted by Gasteiger charge is 2.15. The molecule has 0 amide bonds. The second kappa shape index (κ2) is 5.79. The Morgan fingerprint density at radius 3 is 2.60 bits per heavy atom. The molecule has 3 rings (SSSR count). The average Bonchev–Trinajstić information content (AvgIpc) is 3.11. The molecule has 0 aliphatic carbocycles. The SMILES string of the molecule is NCC(c1ccc(Cl)s1)n1cc(-c2ccccc2)cn1. The van der Waals surface area contributed by atoms with Crippen LogP contribution in [-0.4, -0.2) is 16.3 Å². The molecule has 102 valence electrons. The number of hydrogen-bond acceptors (Lipinski definition) is 3. The maximum absolute atomic E-state index is 6.00. The first-order chi connectivity index (χ1) is 9.78. The zero-order chi connectivity index (χ0) is 13.9. The van der Waals surface area contributed by atoms with Crippen molar-refractivity contribution in [2.24, 2.45) is 5.73 Å². The van der Waals surface area contributed by atoms with Crippen LogP contribution in [0.3, 0.4) is 0 Å². The van der Waals surface area contributed by atoms with Gasteiger partial charge in [-0.05, 0) is 17.7 Å². The Hall–Kier alpha value is -1.62. The molecule has 20 heavy (non-hydrogen) atoms. The number of halogens is 1. The molecule has 0 radical (unpaired) electrons. The van der Waals surface area contributed by atoms with Crippen LogP contribution in [0.25, 0.3) is 11.1 Å². The Labute approximate surface area is 126 Å². The van der Waals surface area contributed by atoms with E-state index in [-0.39, 0.29) is 6.04 Å². The highest BCUT2D eigenvalue weighted by atomic mass is 35.5. The first kappa shape index (κ1) is 13.4. The minimum absolute atomic E-state index is 0.0324. The van der Waals surface area contributed by atoms with Crippen LogP contribution in [0, 0.1) is 0 Å². The summed E-state index contributed by atoms with van der Waals surface area (Å²) < 4.78 is 2.68. The van der Waals surface area contributed by atoms with Crippen molar-refractivity contribution in [2.75, 3.05) is 6.54 Å². The van der Waals surface area contributed by atoms with Crippen LogP contribution in [0.5, 0.6) is 0 Å². The van der Waals surface area contributed by atoms with E-state index in [0.29, 0.717) is 6.54 Å². The van der Waals surface area contributed by atoms with E-state index in [2.05, 4.69) is 17.2 Å². The topological polar surface area (TPSA) is 43.8 Å². The smallest absolute Gasteiger partial charge is 0.0982 e. The molecule has 0 aliphatic rings. The molecule has 1 aromatic carbocycles. The largest absolute Gasteiger partial charge is 0.328 e. The van der Waals surface area contributed by atoms with Crippen molar-refractivity contribution in [3.63, 3.8) is 0 Å². The van der Waals surface area contributed by atoms with E-state index in [0.717, 1.165) is 20.3 Å². The summed E-state index contributed by atoms with van der Waals surface area (Å²) in [6.45, 7) is 0.493. The van der Waals surface area contributed by atoms with E-state index in [1.165, 1.54) is 0 Å². The molecule has 0 aliphatic heterocycles. The lowest BCUT2D eigenvalue weighted by atomic mass is 10.1. The summed E-state index contributed by atoms with van der Waals surface area (Å²) in [4.78, 5) is 1.13. The predicted molar refractivity (Wildman–Crippen MR) is 84.2 cm³/mol. The average molecular weight is 304 g/mol. The molecule has 0 spiro atoms. The first-order valence-corrected chi connectivity index (χ1v) is 7.52. The Bertz CT molecular complexity index is 690. The molecule has 1 atom stereocenters. The van der Waals surface area contributed by atoms with Crippen LogP contribution in [0.1, 0.15) is 10.9 Å².